The van der Waals surface area contributed by atoms with Gasteiger partial charge in [-0.15, -0.1) is 0 Å². The molecule has 1 aromatic carbocycles. The molecule has 0 atom stereocenters. The Labute approximate surface area is 95.3 Å². The predicted molar refractivity (Wildman–Crippen MR) is 61.2 cm³/mol. The first kappa shape index (κ1) is 12.3. The molecule has 0 saturated carbocycles. The van der Waals surface area contributed by atoms with Crippen molar-refractivity contribution in [1.82, 2.24) is 0 Å². The van der Waals surface area contributed by atoms with Crippen LogP contribution in [-0.2, 0) is 11.2 Å². The van der Waals surface area contributed by atoms with Crippen molar-refractivity contribution in [2.75, 3.05) is 0 Å². The smallest absolute Gasteiger partial charge is 0.303 e. The zero-order chi connectivity index (χ0) is 12.1. The van der Waals surface area contributed by atoms with Crippen LogP contribution in [-0.4, -0.2) is 11.1 Å². The first-order chi connectivity index (χ1) is 7.54. The number of hydrogen-bond acceptors (Lipinski definition) is 2. The molecule has 1 N–H and O–H groups in total. The standard InChI is InChI=1S/C13H15NO2/c1-9-6-10(2)12(8-14)7-11(9)4-3-5-13(15)16/h6-7H,3-5H2,1-2H3,(H,15,16). The van der Waals surface area contributed by atoms with Crippen molar-refractivity contribution < 1.29 is 9.90 Å². The van der Waals surface area contributed by atoms with Gasteiger partial charge in [-0.1, -0.05) is 6.07 Å². The third kappa shape index (κ3) is 3.09. The quantitative estimate of drug-likeness (QED) is 0.843. The summed E-state index contributed by atoms with van der Waals surface area (Å²) < 4.78 is 0. The van der Waals surface area contributed by atoms with E-state index < -0.39 is 5.97 Å². The zero-order valence-corrected chi connectivity index (χ0v) is 9.58. The van der Waals surface area contributed by atoms with Gasteiger partial charge < -0.3 is 5.11 Å². The molecule has 0 aromatic heterocycles. The van der Waals surface area contributed by atoms with Crippen LogP contribution < -0.4 is 0 Å². The molecule has 3 nitrogen and oxygen atoms in total. The summed E-state index contributed by atoms with van der Waals surface area (Å²) in [4.78, 5) is 10.4. The SMILES string of the molecule is Cc1cc(C)c(CCCC(=O)O)cc1C#N. The van der Waals surface area contributed by atoms with Gasteiger partial charge >= 0.3 is 5.97 Å². The molecule has 0 unspecified atom stereocenters. The Morgan fingerprint density at radius 1 is 1.38 bits per heavy atom. The summed E-state index contributed by atoms with van der Waals surface area (Å²) in [5, 5.41) is 17.5. The Balaban J connectivity index is 2.80. The fraction of sp³-hybridized carbons (Fsp3) is 0.385. The van der Waals surface area contributed by atoms with Crippen molar-refractivity contribution in [3.63, 3.8) is 0 Å². The van der Waals surface area contributed by atoms with Gasteiger partial charge in [-0.2, -0.15) is 5.26 Å². The van der Waals surface area contributed by atoms with Crippen LogP contribution in [0, 0.1) is 25.2 Å². The monoisotopic (exact) mass is 217 g/mol. The van der Waals surface area contributed by atoms with Gasteiger partial charge in [-0.25, -0.2) is 0 Å². The minimum atomic E-state index is -0.773. The van der Waals surface area contributed by atoms with E-state index in [1.807, 2.05) is 26.0 Å². The van der Waals surface area contributed by atoms with E-state index in [2.05, 4.69) is 6.07 Å². The van der Waals surface area contributed by atoms with E-state index in [0.29, 0.717) is 18.4 Å². The number of carboxylic acid groups (broad SMARTS) is 1. The van der Waals surface area contributed by atoms with Crippen LogP contribution in [0.3, 0.4) is 0 Å². The molecule has 16 heavy (non-hydrogen) atoms. The summed E-state index contributed by atoms with van der Waals surface area (Å²) >= 11 is 0. The molecule has 1 rings (SSSR count). The summed E-state index contributed by atoms with van der Waals surface area (Å²) in [6.07, 6.45) is 1.51. The van der Waals surface area contributed by atoms with E-state index >= 15 is 0 Å². The maximum absolute atomic E-state index is 10.4. The van der Waals surface area contributed by atoms with E-state index in [1.54, 1.807) is 0 Å². The zero-order valence-electron chi connectivity index (χ0n) is 9.58. The van der Waals surface area contributed by atoms with Crippen molar-refractivity contribution in [2.24, 2.45) is 0 Å². The van der Waals surface area contributed by atoms with Gasteiger partial charge in [0, 0.05) is 6.42 Å². The van der Waals surface area contributed by atoms with Crippen molar-refractivity contribution in [3.05, 3.63) is 34.4 Å². The topological polar surface area (TPSA) is 61.1 Å². The molecule has 84 valence electrons. The highest BCUT2D eigenvalue weighted by Gasteiger charge is 2.05. The Bertz CT molecular complexity index is 444. The number of nitrogens with zero attached hydrogens (tertiary/aromatic N) is 1. The lowest BCUT2D eigenvalue weighted by molar-refractivity contribution is -0.137. The average molecular weight is 217 g/mol. The van der Waals surface area contributed by atoms with Gasteiger partial charge in [0.15, 0.2) is 0 Å². The van der Waals surface area contributed by atoms with Gasteiger partial charge in [-0.3, -0.25) is 4.79 Å². The van der Waals surface area contributed by atoms with Crippen LogP contribution in [0.1, 0.15) is 35.1 Å². The molecule has 0 aliphatic carbocycles. The number of aryl methyl sites for hydroxylation is 3. The van der Waals surface area contributed by atoms with Crippen LogP contribution in [0.5, 0.6) is 0 Å². The Morgan fingerprint density at radius 3 is 2.62 bits per heavy atom. The lowest BCUT2D eigenvalue weighted by Gasteiger charge is -2.07. The van der Waals surface area contributed by atoms with Crippen LogP contribution in [0.15, 0.2) is 12.1 Å². The van der Waals surface area contributed by atoms with Crippen LogP contribution in [0.4, 0.5) is 0 Å². The second-order valence-corrected chi connectivity index (χ2v) is 3.95. The highest BCUT2D eigenvalue weighted by Crippen LogP contribution is 2.17. The lowest BCUT2D eigenvalue weighted by atomic mass is 9.97. The fourth-order valence-electron chi connectivity index (χ4n) is 1.72. The van der Waals surface area contributed by atoms with E-state index in [0.717, 1.165) is 16.7 Å². The molecule has 0 radical (unpaired) electrons. The molecule has 0 aliphatic heterocycles. The number of carbonyl (C=O) groups is 1. The minimum Gasteiger partial charge on any atom is -0.481 e. The van der Waals surface area contributed by atoms with Crippen molar-refractivity contribution in [2.45, 2.75) is 33.1 Å². The number of benzene rings is 1. The number of rotatable bonds is 4. The third-order valence-corrected chi connectivity index (χ3v) is 2.64. The van der Waals surface area contributed by atoms with Crippen LogP contribution >= 0.6 is 0 Å². The maximum atomic E-state index is 10.4. The van der Waals surface area contributed by atoms with Crippen molar-refractivity contribution in [1.29, 1.82) is 5.26 Å². The van der Waals surface area contributed by atoms with E-state index in [1.165, 1.54) is 0 Å². The molecular formula is C13H15NO2. The number of aliphatic carboxylic acids is 1. The first-order valence-electron chi connectivity index (χ1n) is 5.26. The predicted octanol–water partition coefficient (Wildman–Crippen LogP) is 2.58. The summed E-state index contributed by atoms with van der Waals surface area (Å²) in [5.74, 6) is -0.773. The van der Waals surface area contributed by atoms with E-state index in [9.17, 15) is 4.79 Å². The molecule has 0 aliphatic rings. The Kier molecular flexibility index (Phi) is 4.07. The van der Waals surface area contributed by atoms with Crippen molar-refractivity contribution >= 4 is 5.97 Å². The van der Waals surface area contributed by atoms with E-state index in [-0.39, 0.29) is 6.42 Å². The number of nitriles is 1. The summed E-state index contributed by atoms with van der Waals surface area (Å²) in [5.41, 5.74) is 3.85. The minimum absolute atomic E-state index is 0.176. The molecule has 0 fully saturated rings. The van der Waals surface area contributed by atoms with Crippen LogP contribution in [0.25, 0.3) is 0 Å². The summed E-state index contributed by atoms with van der Waals surface area (Å²) in [6.45, 7) is 3.90. The fourth-order valence-corrected chi connectivity index (χ4v) is 1.72. The molecule has 0 amide bonds. The Hall–Kier alpha value is -1.82. The molecule has 1 aromatic rings. The van der Waals surface area contributed by atoms with Gasteiger partial charge in [0.25, 0.3) is 0 Å². The van der Waals surface area contributed by atoms with Gasteiger partial charge in [0.05, 0.1) is 11.6 Å². The molecule has 0 heterocycles. The van der Waals surface area contributed by atoms with Gasteiger partial charge in [0.1, 0.15) is 0 Å². The molecule has 3 heteroatoms. The first-order valence-corrected chi connectivity index (χ1v) is 5.26. The lowest BCUT2D eigenvalue weighted by Crippen LogP contribution is -1.98. The Morgan fingerprint density at radius 2 is 2.06 bits per heavy atom. The van der Waals surface area contributed by atoms with Gasteiger partial charge in [-0.05, 0) is 49.4 Å². The second kappa shape index (κ2) is 5.32. The second-order valence-electron chi connectivity index (χ2n) is 3.95. The number of hydrogen-bond donors (Lipinski definition) is 1. The molecule has 0 bridgehead atoms. The highest BCUT2D eigenvalue weighted by molar-refractivity contribution is 5.66. The molecule has 0 saturated heterocycles. The van der Waals surface area contributed by atoms with E-state index in [4.69, 9.17) is 10.4 Å². The largest absolute Gasteiger partial charge is 0.481 e. The summed E-state index contributed by atoms with van der Waals surface area (Å²) in [6, 6.07) is 5.99. The molecule has 0 spiro atoms. The van der Waals surface area contributed by atoms with Gasteiger partial charge in [0.2, 0.25) is 0 Å². The normalized spacial score (nSPS) is 9.81. The average Bonchev–Trinajstić information content (AvgIpc) is 2.20. The maximum Gasteiger partial charge on any atom is 0.303 e. The third-order valence-electron chi connectivity index (χ3n) is 2.64. The highest BCUT2D eigenvalue weighted by atomic mass is 16.4. The number of carboxylic acids is 1. The van der Waals surface area contributed by atoms with Crippen molar-refractivity contribution in [3.8, 4) is 6.07 Å². The molecular weight excluding hydrogens is 202 g/mol. The summed E-state index contributed by atoms with van der Waals surface area (Å²) in [7, 11) is 0. The van der Waals surface area contributed by atoms with Crippen LogP contribution in [0.2, 0.25) is 0 Å².